The van der Waals surface area contributed by atoms with Crippen molar-refractivity contribution < 1.29 is 0 Å². The van der Waals surface area contributed by atoms with Crippen molar-refractivity contribution >= 4 is 45.0 Å². The summed E-state index contributed by atoms with van der Waals surface area (Å²) in [7, 11) is 0. The van der Waals surface area contributed by atoms with Gasteiger partial charge in [0.25, 0.3) is 0 Å². The number of hydrogen-bond acceptors (Lipinski definition) is 1. The Morgan fingerprint density at radius 1 is 0.605 bits per heavy atom. The van der Waals surface area contributed by atoms with E-state index >= 15 is 0 Å². The third-order valence-corrected chi connectivity index (χ3v) is 7.33. The van der Waals surface area contributed by atoms with Crippen LogP contribution in [0.4, 0.5) is 0 Å². The summed E-state index contributed by atoms with van der Waals surface area (Å²) in [5.41, 5.74) is 9.25. The molecule has 38 heavy (non-hydrogen) atoms. The maximum Gasteiger partial charge on any atom is 0.145 e. The Hall–Kier alpha value is -4.89. The van der Waals surface area contributed by atoms with E-state index in [1.165, 1.54) is 27.4 Å². The van der Waals surface area contributed by atoms with Crippen molar-refractivity contribution in [3.8, 4) is 17.1 Å². The summed E-state index contributed by atoms with van der Waals surface area (Å²) in [5.74, 6) is 0.953. The van der Waals surface area contributed by atoms with Crippen molar-refractivity contribution in [3.05, 3.63) is 132 Å². The Morgan fingerprint density at radius 2 is 1.26 bits per heavy atom. The van der Waals surface area contributed by atoms with Crippen LogP contribution in [0.2, 0.25) is 0 Å². The van der Waals surface area contributed by atoms with Gasteiger partial charge in [0.2, 0.25) is 0 Å². The number of imidazole rings is 1. The summed E-state index contributed by atoms with van der Waals surface area (Å²) in [4.78, 5) is 4.96. The predicted octanol–water partition coefficient (Wildman–Crippen LogP) is 8.99. The zero-order chi connectivity index (χ0) is 25.5. The van der Waals surface area contributed by atoms with E-state index < -0.39 is 0 Å². The van der Waals surface area contributed by atoms with E-state index in [2.05, 4.69) is 137 Å². The average molecular weight is 490 g/mol. The number of benzene rings is 5. The Balaban J connectivity index is 1.24. The van der Waals surface area contributed by atoms with Crippen molar-refractivity contribution in [2.24, 2.45) is 0 Å². The second-order valence-electron chi connectivity index (χ2n) is 9.59. The fourth-order valence-electron chi connectivity index (χ4n) is 5.51. The highest BCUT2D eigenvalue weighted by atomic mass is 15.1. The first-order chi connectivity index (χ1) is 18.8. The van der Waals surface area contributed by atoms with Crippen LogP contribution in [0.25, 0.3) is 62.1 Å². The van der Waals surface area contributed by atoms with Gasteiger partial charge in [-0.3, -0.25) is 4.57 Å². The van der Waals surface area contributed by atoms with Crippen molar-refractivity contribution in [1.29, 1.82) is 0 Å². The first kappa shape index (κ1) is 22.3. The van der Waals surface area contributed by atoms with Crippen LogP contribution in [-0.4, -0.2) is 14.1 Å². The van der Waals surface area contributed by atoms with Gasteiger partial charge in [0.05, 0.1) is 11.0 Å². The van der Waals surface area contributed by atoms with Gasteiger partial charge in [0, 0.05) is 39.6 Å². The monoisotopic (exact) mass is 489 g/mol. The van der Waals surface area contributed by atoms with Crippen LogP contribution in [-0.2, 0) is 6.54 Å². The van der Waals surface area contributed by atoms with Crippen molar-refractivity contribution in [3.63, 3.8) is 0 Å². The molecule has 182 valence electrons. The third kappa shape index (κ3) is 3.72. The molecule has 0 saturated heterocycles. The highest BCUT2D eigenvalue weighted by Crippen LogP contribution is 2.31. The summed E-state index contributed by atoms with van der Waals surface area (Å²) >= 11 is 0. The molecule has 7 rings (SSSR count). The molecule has 0 spiro atoms. The molecule has 7 aromatic rings. The summed E-state index contributed by atoms with van der Waals surface area (Å²) in [6, 6.07) is 42.8. The molecule has 3 heteroatoms. The lowest BCUT2D eigenvalue weighted by atomic mass is 10.1. The van der Waals surface area contributed by atoms with Gasteiger partial charge in [-0.15, -0.1) is 0 Å². The second kappa shape index (κ2) is 9.20. The summed E-state index contributed by atoms with van der Waals surface area (Å²) in [6.45, 7) is 3.16. The Labute approximate surface area is 221 Å². The minimum absolute atomic E-state index is 0.951. The van der Waals surface area contributed by atoms with Gasteiger partial charge in [0.15, 0.2) is 0 Å². The van der Waals surface area contributed by atoms with Gasteiger partial charge in [0.1, 0.15) is 5.82 Å². The molecule has 0 aliphatic heterocycles. The minimum atomic E-state index is 0.951. The molecule has 0 saturated carbocycles. The second-order valence-corrected chi connectivity index (χ2v) is 9.59. The Kier molecular flexibility index (Phi) is 5.41. The number of fused-ring (bicyclic) bond motifs is 4. The lowest BCUT2D eigenvalue weighted by Crippen LogP contribution is -1.97. The molecule has 0 amide bonds. The topological polar surface area (TPSA) is 22.8 Å². The number of nitrogens with zero attached hydrogens (tertiary/aromatic N) is 3. The smallest absolute Gasteiger partial charge is 0.145 e. The molecule has 0 unspecified atom stereocenters. The van der Waals surface area contributed by atoms with Crippen LogP contribution in [0, 0.1) is 0 Å². The average Bonchev–Trinajstić information content (AvgIpc) is 3.52. The van der Waals surface area contributed by atoms with Gasteiger partial charge in [-0.25, -0.2) is 4.98 Å². The van der Waals surface area contributed by atoms with E-state index in [-0.39, 0.29) is 0 Å². The molecule has 0 atom stereocenters. The predicted molar refractivity (Wildman–Crippen MR) is 161 cm³/mol. The van der Waals surface area contributed by atoms with E-state index in [1.54, 1.807) is 0 Å². The van der Waals surface area contributed by atoms with Gasteiger partial charge in [-0.05, 0) is 54.4 Å². The SMILES string of the molecule is CCn1c2ccccc2c2ccc(/C=C/c3ccc(-n4c(-c5ccccc5)nc5ccccc54)cc3)cc21. The normalized spacial score (nSPS) is 11.8. The number of aromatic nitrogens is 3. The molecule has 0 aliphatic carbocycles. The zero-order valence-corrected chi connectivity index (χ0v) is 21.3. The Bertz CT molecular complexity index is 1940. The lowest BCUT2D eigenvalue weighted by Gasteiger charge is -2.10. The molecule has 0 aliphatic rings. The summed E-state index contributed by atoms with van der Waals surface area (Å²) < 4.78 is 4.65. The minimum Gasteiger partial charge on any atom is -0.341 e. The van der Waals surface area contributed by atoms with E-state index in [0.717, 1.165) is 40.2 Å². The van der Waals surface area contributed by atoms with Gasteiger partial charge < -0.3 is 4.57 Å². The number of para-hydroxylation sites is 3. The molecule has 0 fully saturated rings. The highest BCUT2D eigenvalue weighted by molar-refractivity contribution is 6.08. The fourth-order valence-corrected chi connectivity index (χ4v) is 5.51. The first-order valence-electron chi connectivity index (χ1n) is 13.1. The van der Waals surface area contributed by atoms with Gasteiger partial charge in [-0.2, -0.15) is 0 Å². The van der Waals surface area contributed by atoms with Crippen LogP contribution < -0.4 is 0 Å². The van der Waals surface area contributed by atoms with Crippen molar-refractivity contribution in [2.45, 2.75) is 13.5 Å². The largest absolute Gasteiger partial charge is 0.341 e. The molecule has 5 aromatic carbocycles. The summed E-state index contributed by atoms with van der Waals surface area (Å²) in [6.07, 6.45) is 4.39. The number of rotatable bonds is 5. The third-order valence-electron chi connectivity index (χ3n) is 7.33. The van der Waals surface area contributed by atoms with Crippen LogP contribution in [0.5, 0.6) is 0 Å². The van der Waals surface area contributed by atoms with Crippen LogP contribution in [0.3, 0.4) is 0 Å². The van der Waals surface area contributed by atoms with Crippen LogP contribution in [0.15, 0.2) is 121 Å². The zero-order valence-electron chi connectivity index (χ0n) is 21.3. The molecule has 0 N–H and O–H groups in total. The highest BCUT2D eigenvalue weighted by Gasteiger charge is 2.14. The maximum atomic E-state index is 4.96. The van der Waals surface area contributed by atoms with E-state index in [9.17, 15) is 0 Å². The van der Waals surface area contributed by atoms with Crippen molar-refractivity contribution in [1.82, 2.24) is 14.1 Å². The molecule has 0 bridgehead atoms. The lowest BCUT2D eigenvalue weighted by molar-refractivity contribution is 0.827. The van der Waals surface area contributed by atoms with Gasteiger partial charge >= 0.3 is 0 Å². The molecule has 0 radical (unpaired) electrons. The standard InChI is InChI=1S/C35H27N3/c1-2-37-32-14-8-6-12-29(32)30-23-20-26(24-34(30)37)17-16-25-18-21-28(22-19-25)38-33-15-9-7-13-31(33)36-35(38)27-10-4-3-5-11-27/h3-24H,2H2,1H3/b17-16+. The number of aryl methyl sites for hydroxylation is 1. The van der Waals surface area contributed by atoms with Gasteiger partial charge in [-0.1, -0.05) is 97.1 Å². The van der Waals surface area contributed by atoms with Crippen molar-refractivity contribution in [2.75, 3.05) is 0 Å². The van der Waals surface area contributed by atoms with E-state index in [1.807, 2.05) is 12.1 Å². The summed E-state index contributed by atoms with van der Waals surface area (Å²) in [5, 5.41) is 2.63. The number of hydrogen-bond donors (Lipinski definition) is 0. The molecular formula is C35H27N3. The Morgan fingerprint density at radius 3 is 2.08 bits per heavy atom. The molecule has 2 heterocycles. The maximum absolute atomic E-state index is 4.96. The fraction of sp³-hybridized carbons (Fsp3) is 0.0571. The molecular weight excluding hydrogens is 462 g/mol. The van der Waals surface area contributed by atoms with Crippen LogP contribution in [0.1, 0.15) is 18.1 Å². The van der Waals surface area contributed by atoms with E-state index in [4.69, 9.17) is 4.98 Å². The molecule has 2 aromatic heterocycles. The van der Waals surface area contributed by atoms with E-state index in [0.29, 0.717) is 0 Å². The molecule has 3 nitrogen and oxygen atoms in total. The quantitative estimate of drug-likeness (QED) is 0.221. The first-order valence-corrected chi connectivity index (χ1v) is 13.1. The van der Waals surface area contributed by atoms with Crippen LogP contribution >= 0.6 is 0 Å².